The number of rotatable bonds is 6. The van der Waals surface area contributed by atoms with Gasteiger partial charge in [-0.25, -0.2) is 0 Å². The van der Waals surface area contributed by atoms with E-state index in [1.54, 1.807) is 0 Å². The molecule has 0 unspecified atom stereocenters. The molecule has 0 radical (unpaired) electrons. The summed E-state index contributed by atoms with van der Waals surface area (Å²) in [5, 5.41) is 6.07. The molecule has 6 rings (SSSR count). The summed E-state index contributed by atoms with van der Waals surface area (Å²) in [6.07, 6.45) is 8.52. The van der Waals surface area contributed by atoms with Gasteiger partial charge in [-0.05, 0) is 74.7 Å². The Morgan fingerprint density at radius 3 is 2.72 bits per heavy atom. The lowest BCUT2D eigenvalue weighted by Gasteiger charge is -2.15. The van der Waals surface area contributed by atoms with E-state index in [1.807, 2.05) is 30.6 Å². The maximum absolute atomic E-state index is 6.07. The molecule has 0 bridgehead atoms. The molecule has 1 saturated heterocycles. The molecule has 0 amide bonds. The Hall–Kier alpha value is -3.25. The molecule has 4 aromatic rings. The second kappa shape index (κ2) is 8.36. The number of likely N-dealkylation sites (tertiary alicyclic amines) is 1. The van der Waals surface area contributed by atoms with Crippen LogP contribution in [0.1, 0.15) is 25.0 Å². The van der Waals surface area contributed by atoms with Crippen LogP contribution in [0.25, 0.3) is 33.4 Å². The van der Waals surface area contributed by atoms with E-state index in [0.29, 0.717) is 6.61 Å². The quantitative estimate of drug-likeness (QED) is 0.453. The first-order chi connectivity index (χ1) is 15.9. The highest BCUT2D eigenvalue weighted by Crippen LogP contribution is 2.40. The third-order valence-corrected chi connectivity index (χ3v) is 6.61. The van der Waals surface area contributed by atoms with Crippen LogP contribution in [0.5, 0.6) is 5.75 Å². The van der Waals surface area contributed by atoms with Crippen LogP contribution < -0.4 is 4.74 Å². The van der Waals surface area contributed by atoms with E-state index in [9.17, 15) is 0 Å². The Kier molecular flexibility index (Phi) is 5.07. The van der Waals surface area contributed by atoms with Crippen LogP contribution in [0.4, 0.5) is 0 Å². The molecular formula is C26H27N5O. The SMILES string of the molecule is c1ccc(-c2nn3c(c2-c2ccnc4cc(OCCN5CCCC5)ccc24)CCC3)nc1. The topological polar surface area (TPSA) is 56.1 Å². The molecule has 6 nitrogen and oxygen atoms in total. The lowest BCUT2D eigenvalue weighted by molar-refractivity contribution is 0.238. The minimum atomic E-state index is 0.714. The van der Waals surface area contributed by atoms with Gasteiger partial charge < -0.3 is 4.74 Å². The van der Waals surface area contributed by atoms with Gasteiger partial charge in [0, 0.05) is 48.2 Å². The van der Waals surface area contributed by atoms with Crippen LogP contribution in [-0.2, 0) is 13.0 Å². The summed E-state index contributed by atoms with van der Waals surface area (Å²) >= 11 is 0. The van der Waals surface area contributed by atoms with Crippen molar-refractivity contribution in [3.8, 4) is 28.3 Å². The molecule has 0 atom stereocenters. The van der Waals surface area contributed by atoms with E-state index < -0.39 is 0 Å². The smallest absolute Gasteiger partial charge is 0.121 e. The second-order valence-electron chi connectivity index (χ2n) is 8.65. The van der Waals surface area contributed by atoms with Crippen molar-refractivity contribution in [1.82, 2.24) is 24.6 Å². The summed E-state index contributed by atoms with van der Waals surface area (Å²) in [6, 6.07) is 14.4. The predicted octanol–water partition coefficient (Wildman–Crippen LogP) is 4.58. The Balaban J connectivity index is 1.36. The van der Waals surface area contributed by atoms with Gasteiger partial charge in [-0.1, -0.05) is 6.07 Å². The van der Waals surface area contributed by atoms with Gasteiger partial charge in [-0.3, -0.25) is 19.5 Å². The Morgan fingerprint density at radius 2 is 1.84 bits per heavy atom. The largest absolute Gasteiger partial charge is 0.492 e. The zero-order chi connectivity index (χ0) is 21.3. The molecule has 6 heteroatoms. The first kappa shape index (κ1) is 19.4. The fraction of sp³-hybridized carbons (Fsp3) is 0.346. The number of aryl methyl sites for hydroxylation is 1. The van der Waals surface area contributed by atoms with E-state index in [4.69, 9.17) is 9.84 Å². The van der Waals surface area contributed by atoms with Crippen LogP contribution >= 0.6 is 0 Å². The molecule has 162 valence electrons. The molecule has 0 N–H and O–H groups in total. The van der Waals surface area contributed by atoms with E-state index in [2.05, 4.69) is 43.8 Å². The van der Waals surface area contributed by atoms with Crippen LogP contribution in [-0.4, -0.2) is 50.9 Å². The highest BCUT2D eigenvalue weighted by Gasteiger charge is 2.25. The maximum Gasteiger partial charge on any atom is 0.121 e. The van der Waals surface area contributed by atoms with Gasteiger partial charge >= 0.3 is 0 Å². The fourth-order valence-electron chi connectivity index (χ4n) is 5.03. The zero-order valence-corrected chi connectivity index (χ0v) is 18.2. The summed E-state index contributed by atoms with van der Waals surface area (Å²) in [4.78, 5) is 11.7. The number of aromatic nitrogens is 4. The maximum atomic E-state index is 6.07. The average molecular weight is 426 g/mol. The Labute approximate surface area is 187 Å². The first-order valence-electron chi connectivity index (χ1n) is 11.6. The van der Waals surface area contributed by atoms with Gasteiger partial charge in [0.1, 0.15) is 18.1 Å². The van der Waals surface area contributed by atoms with Gasteiger partial charge in [0.05, 0.1) is 11.2 Å². The number of hydrogen-bond donors (Lipinski definition) is 0. The van der Waals surface area contributed by atoms with E-state index >= 15 is 0 Å². The van der Waals surface area contributed by atoms with Gasteiger partial charge in [0.2, 0.25) is 0 Å². The number of pyridine rings is 2. The average Bonchev–Trinajstić information content (AvgIpc) is 3.57. The third kappa shape index (κ3) is 3.54. The summed E-state index contributed by atoms with van der Waals surface area (Å²) in [7, 11) is 0. The van der Waals surface area contributed by atoms with Crippen molar-refractivity contribution < 1.29 is 4.74 Å². The van der Waals surface area contributed by atoms with Gasteiger partial charge in [-0.15, -0.1) is 0 Å². The monoisotopic (exact) mass is 425 g/mol. The van der Waals surface area contributed by atoms with Crippen LogP contribution in [0.15, 0.2) is 54.9 Å². The molecule has 5 heterocycles. The summed E-state index contributed by atoms with van der Waals surface area (Å²) in [6.45, 7) is 5.06. The number of nitrogens with zero attached hydrogens (tertiary/aromatic N) is 5. The minimum Gasteiger partial charge on any atom is -0.492 e. The van der Waals surface area contributed by atoms with E-state index in [-0.39, 0.29) is 0 Å². The molecule has 0 saturated carbocycles. The first-order valence-corrected chi connectivity index (χ1v) is 11.6. The standard InChI is InChI=1S/C26H27N5O/c1-2-11-27-22(6-1)26-25(24-7-5-15-31(24)29-26)21-10-12-28-23-18-19(8-9-20(21)23)32-17-16-30-13-3-4-14-30/h1-2,6,8-12,18H,3-5,7,13-17H2. The van der Waals surface area contributed by atoms with E-state index in [1.165, 1.54) is 42.8 Å². The zero-order valence-electron chi connectivity index (χ0n) is 18.2. The van der Waals surface area contributed by atoms with Crippen molar-refractivity contribution in [2.75, 3.05) is 26.2 Å². The molecule has 32 heavy (non-hydrogen) atoms. The minimum absolute atomic E-state index is 0.714. The molecule has 3 aromatic heterocycles. The van der Waals surface area contributed by atoms with Gasteiger partial charge in [0.25, 0.3) is 0 Å². The lowest BCUT2D eigenvalue weighted by atomic mass is 9.96. The summed E-state index contributed by atoms with van der Waals surface area (Å²) in [5.41, 5.74) is 6.48. The molecule has 2 aliphatic rings. The highest BCUT2D eigenvalue weighted by atomic mass is 16.5. The molecular weight excluding hydrogens is 398 g/mol. The van der Waals surface area contributed by atoms with Crippen molar-refractivity contribution in [3.63, 3.8) is 0 Å². The molecule has 0 aliphatic carbocycles. The normalized spacial score (nSPS) is 16.0. The Bertz CT molecular complexity index is 1240. The van der Waals surface area contributed by atoms with Crippen molar-refractivity contribution >= 4 is 10.9 Å². The van der Waals surface area contributed by atoms with Crippen LogP contribution in [0.2, 0.25) is 0 Å². The summed E-state index contributed by atoms with van der Waals surface area (Å²) in [5.74, 6) is 0.881. The molecule has 1 aromatic carbocycles. The molecule has 1 fully saturated rings. The second-order valence-corrected chi connectivity index (χ2v) is 8.65. The van der Waals surface area contributed by atoms with Crippen molar-refractivity contribution in [2.24, 2.45) is 0 Å². The van der Waals surface area contributed by atoms with Crippen molar-refractivity contribution in [2.45, 2.75) is 32.2 Å². The van der Waals surface area contributed by atoms with Gasteiger partial charge in [0.15, 0.2) is 0 Å². The molecule has 2 aliphatic heterocycles. The van der Waals surface area contributed by atoms with Crippen LogP contribution in [0, 0.1) is 0 Å². The lowest BCUT2D eigenvalue weighted by Crippen LogP contribution is -2.25. The Morgan fingerprint density at radius 1 is 0.906 bits per heavy atom. The predicted molar refractivity (Wildman–Crippen MR) is 126 cm³/mol. The van der Waals surface area contributed by atoms with E-state index in [0.717, 1.165) is 54.0 Å². The number of fused-ring (bicyclic) bond motifs is 2. The fourth-order valence-corrected chi connectivity index (χ4v) is 5.03. The van der Waals surface area contributed by atoms with Gasteiger partial charge in [-0.2, -0.15) is 5.10 Å². The highest BCUT2D eigenvalue weighted by molar-refractivity contribution is 5.99. The number of hydrogen-bond acceptors (Lipinski definition) is 5. The van der Waals surface area contributed by atoms with Crippen molar-refractivity contribution in [3.05, 3.63) is 60.6 Å². The number of ether oxygens (including phenoxy) is 1. The van der Waals surface area contributed by atoms with Crippen LogP contribution in [0.3, 0.4) is 0 Å². The molecule has 0 spiro atoms. The third-order valence-electron chi connectivity index (χ3n) is 6.61. The number of benzene rings is 1. The van der Waals surface area contributed by atoms with Crippen molar-refractivity contribution in [1.29, 1.82) is 0 Å². The summed E-state index contributed by atoms with van der Waals surface area (Å²) < 4.78 is 8.22.